The van der Waals surface area contributed by atoms with E-state index < -0.39 is 23.5 Å². The minimum Gasteiger partial charge on any atom is -0.465 e. The van der Waals surface area contributed by atoms with E-state index in [-0.39, 0.29) is 17.8 Å². The van der Waals surface area contributed by atoms with Crippen LogP contribution in [0.1, 0.15) is 11.1 Å². The average molecular weight is 297 g/mol. The fourth-order valence-electron chi connectivity index (χ4n) is 1.79. The summed E-state index contributed by atoms with van der Waals surface area (Å²) in [6.07, 6.45) is -3.20. The molecule has 1 aliphatic heterocycles. The minimum absolute atomic E-state index is 0.164. The molecule has 0 fully saturated rings. The summed E-state index contributed by atoms with van der Waals surface area (Å²) in [6.45, 7) is -0.239. The van der Waals surface area contributed by atoms with Gasteiger partial charge in [-0.25, -0.2) is 4.79 Å². The first-order valence-electron chi connectivity index (χ1n) is 5.88. The Morgan fingerprint density at radius 3 is 2.38 bits per heavy atom. The van der Waals surface area contributed by atoms with Gasteiger partial charge in [0.15, 0.2) is 5.78 Å². The highest BCUT2D eigenvalue weighted by atomic mass is 19.4. The molecule has 0 saturated heterocycles. The van der Waals surface area contributed by atoms with Gasteiger partial charge in [0.1, 0.15) is 12.1 Å². The number of allylic oxidation sites excluding steroid dienone is 1. The van der Waals surface area contributed by atoms with Gasteiger partial charge in [0.25, 0.3) is 0 Å². The van der Waals surface area contributed by atoms with E-state index in [9.17, 15) is 22.8 Å². The lowest BCUT2D eigenvalue weighted by atomic mass is 10.0. The van der Waals surface area contributed by atoms with E-state index in [1.54, 1.807) is 0 Å². The van der Waals surface area contributed by atoms with Gasteiger partial charge in [-0.1, -0.05) is 12.1 Å². The lowest BCUT2D eigenvalue weighted by molar-refractivity contribution is -0.138. The molecule has 4 nitrogen and oxygen atoms in total. The molecule has 0 amide bonds. The van der Waals surface area contributed by atoms with Crippen LogP contribution in [0.25, 0.3) is 0 Å². The number of aliphatic imine (C=N–C) groups is 1. The molecule has 1 aromatic rings. The minimum atomic E-state index is -4.42. The topological polar surface area (TPSA) is 55.7 Å². The third-order valence-corrected chi connectivity index (χ3v) is 2.89. The van der Waals surface area contributed by atoms with Gasteiger partial charge >= 0.3 is 12.1 Å². The van der Waals surface area contributed by atoms with Crippen LogP contribution in [0, 0.1) is 0 Å². The summed E-state index contributed by atoms with van der Waals surface area (Å²) in [5, 5.41) is 0. The van der Waals surface area contributed by atoms with Crippen molar-refractivity contribution in [2.75, 3.05) is 13.7 Å². The van der Waals surface area contributed by atoms with E-state index in [4.69, 9.17) is 0 Å². The van der Waals surface area contributed by atoms with Crippen molar-refractivity contribution in [2.24, 2.45) is 4.99 Å². The Labute approximate surface area is 117 Å². The number of halogens is 3. The lowest BCUT2D eigenvalue weighted by Gasteiger charge is -2.12. The van der Waals surface area contributed by atoms with E-state index >= 15 is 0 Å². The smallest absolute Gasteiger partial charge is 0.416 e. The second-order valence-electron chi connectivity index (χ2n) is 4.25. The molecule has 0 N–H and O–H groups in total. The first kappa shape index (κ1) is 15.0. The molecule has 0 saturated carbocycles. The Bertz CT molecular complexity index is 642. The van der Waals surface area contributed by atoms with Crippen LogP contribution in [0.2, 0.25) is 0 Å². The van der Waals surface area contributed by atoms with Crippen molar-refractivity contribution in [3.8, 4) is 0 Å². The zero-order valence-corrected chi connectivity index (χ0v) is 10.9. The number of carbonyl (C=O) groups excluding carboxylic acids is 2. The average Bonchev–Trinajstić information content (AvgIpc) is 2.46. The molecule has 0 unspecified atom stereocenters. The number of hydrogen-bond acceptors (Lipinski definition) is 4. The molecule has 7 heteroatoms. The Morgan fingerprint density at radius 2 is 1.86 bits per heavy atom. The van der Waals surface area contributed by atoms with Gasteiger partial charge < -0.3 is 4.74 Å². The molecule has 0 spiro atoms. The number of methoxy groups -OCH3 is 1. The number of ether oxygens (including phenoxy) is 1. The Hall–Kier alpha value is -2.44. The zero-order valence-electron chi connectivity index (χ0n) is 10.9. The van der Waals surface area contributed by atoms with Crippen molar-refractivity contribution in [3.05, 3.63) is 47.0 Å². The molecule has 21 heavy (non-hydrogen) atoms. The van der Waals surface area contributed by atoms with E-state index in [0.717, 1.165) is 19.2 Å². The van der Waals surface area contributed by atoms with Crippen molar-refractivity contribution in [3.63, 3.8) is 0 Å². The van der Waals surface area contributed by atoms with Gasteiger partial charge in [-0.05, 0) is 23.8 Å². The van der Waals surface area contributed by atoms with E-state index in [1.165, 1.54) is 18.2 Å². The summed E-state index contributed by atoms with van der Waals surface area (Å²) in [5.41, 5.74) is -0.293. The van der Waals surface area contributed by atoms with E-state index in [0.29, 0.717) is 5.56 Å². The molecule has 110 valence electrons. The number of esters is 1. The second-order valence-corrected chi connectivity index (χ2v) is 4.25. The quantitative estimate of drug-likeness (QED) is 0.621. The molecule has 0 bridgehead atoms. The number of Topliss-reactive ketones (excluding diaryl/α,β-unsaturated/α-hetero) is 1. The molecule has 1 aromatic carbocycles. The van der Waals surface area contributed by atoms with Crippen LogP contribution in [0.5, 0.6) is 0 Å². The molecule has 1 heterocycles. The van der Waals surface area contributed by atoms with Crippen molar-refractivity contribution in [1.82, 2.24) is 0 Å². The van der Waals surface area contributed by atoms with Gasteiger partial charge in [0.05, 0.1) is 18.4 Å². The number of nitrogens with zero attached hydrogens (tertiary/aromatic N) is 1. The first-order valence-corrected chi connectivity index (χ1v) is 5.88. The molecule has 0 radical (unpaired) electrons. The van der Waals surface area contributed by atoms with Crippen LogP contribution in [0.3, 0.4) is 0 Å². The Balaban J connectivity index is 2.32. The molecule has 0 aliphatic carbocycles. The molecular formula is C14H10F3NO3. The lowest BCUT2D eigenvalue weighted by Crippen LogP contribution is -2.22. The number of hydrogen-bond donors (Lipinski definition) is 0. The summed E-state index contributed by atoms with van der Waals surface area (Å²) in [7, 11) is 1.14. The standard InChI is InChI=1S/C14H10F3NO3/c1-21-13(20)10-6-11(18-7-12(10)19)8-2-4-9(5-3-8)14(15,16)17/h2-6H,7H2,1H3. The third-order valence-electron chi connectivity index (χ3n) is 2.89. The fourth-order valence-corrected chi connectivity index (χ4v) is 1.79. The molecule has 2 rings (SSSR count). The number of ketones is 1. The van der Waals surface area contributed by atoms with Crippen molar-refractivity contribution in [1.29, 1.82) is 0 Å². The maximum atomic E-state index is 12.5. The van der Waals surface area contributed by atoms with Crippen molar-refractivity contribution < 1.29 is 27.5 Å². The zero-order chi connectivity index (χ0) is 15.6. The highest BCUT2D eigenvalue weighted by molar-refractivity contribution is 6.26. The maximum absolute atomic E-state index is 12.5. The SMILES string of the molecule is COC(=O)C1=CC(c2ccc(C(F)(F)F)cc2)=NCC1=O. The second kappa shape index (κ2) is 5.51. The molecule has 0 aromatic heterocycles. The number of rotatable bonds is 2. The summed E-state index contributed by atoms with van der Waals surface area (Å²) in [6, 6.07) is 4.31. The normalized spacial score (nSPS) is 15.3. The van der Waals surface area contributed by atoms with Crippen LogP contribution < -0.4 is 0 Å². The summed E-state index contributed by atoms with van der Waals surface area (Å²) < 4.78 is 41.9. The monoisotopic (exact) mass is 297 g/mol. The van der Waals surface area contributed by atoms with Gasteiger partial charge in [0, 0.05) is 0 Å². The van der Waals surface area contributed by atoms with Crippen LogP contribution in [0.4, 0.5) is 13.2 Å². The Kier molecular flexibility index (Phi) is 3.93. The molecule has 0 atom stereocenters. The van der Waals surface area contributed by atoms with E-state index in [1.807, 2.05) is 0 Å². The summed E-state index contributed by atoms with van der Waals surface area (Å²) >= 11 is 0. The third kappa shape index (κ3) is 3.18. The fraction of sp³-hybridized carbons (Fsp3) is 0.214. The number of carbonyl (C=O) groups is 2. The van der Waals surface area contributed by atoms with Crippen LogP contribution in [-0.4, -0.2) is 31.1 Å². The molecular weight excluding hydrogens is 287 g/mol. The van der Waals surface area contributed by atoms with Gasteiger partial charge in [-0.3, -0.25) is 9.79 Å². The number of dihydropyridines is 1. The van der Waals surface area contributed by atoms with Crippen LogP contribution in [0.15, 0.2) is 40.9 Å². The van der Waals surface area contributed by atoms with Gasteiger partial charge in [-0.2, -0.15) is 13.2 Å². The summed E-state index contributed by atoms with van der Waals surface area (Å²) in [4.78, 5) is 26.9. The maximum Gasteiger partial charge on any atom is 0.416 e. The summed E-state index contributed by atoms with van der Waals surface area (Å²) in [5.74, 6) is -1.28. The largest absolute Gasteiger partial charge is 0.465 e. The van der Waals surface area contributed by atoms with Gasteiger partial charge in [-0.15, -0.1) is 0 Å². The van der Waals surface area contributed by atoms with Gasteiger partial charge in [0.2, 0.25) is 0 Å². The van der Waals surface area contributed by atoms with E-state index in [2.05, 4.69) is 9.73 Å². The van der Waals surface area contributed by atoms with Crippen molar-refractivity contribution >= 4 is 17.5 Å². The van der Waals surface area contributed by atoms with Crippen LogP contribution in [-0.2, 0) is 20.5 Å². The predicted molar refractivity (Wildman–Crippen MR) is 68.0 cm³/mol. The predicted octanol–water partition coefficient (Wildman–Crippen LogP) is 2.18. The number of benzene rings is 1. The number of alkyl halides is 3. The highest BCUT2D eigenvalue weighted by Gasteiger charge is 2.30. The van der Waals surface area contributed by atoms with Crippen LogP contribution >= 0.6 is 0 Å². The Morgan fingerprint density at radius 1 is 1.24 bits per heavy atom. The highest BCUT2D eigenvalue weighted by Crippen LogP contribution is 2.29. The first-order chi connectivity index (χ1) is 9.82. The molecule has 1 aliphatic rings. The van der Waals surface area contributed by atoms with Crippen molar-refractivity contribution in [2.45, 2.75) is 6.18 Å².